The number of amides is 2. The molecule has 1 heterocycles. The van der Waals surface area contributed by atoms with Crippen LogP contribution in [0, 0.1) is 13.8 Å². The fourth-order valence-electron chi connectivity index (χ4n) is 3.17. The van der Waals surface area contributed by atoms with Crippen LogP contribution in [0.25, 0.3) is 6.08 Å². The van der Waals surface area contributed by atoms with E-state index in [2.05, 4.69) is 36.8 Å². The van der Waals surface area contributed by atoms with Gasteiger partial charge in [0.2, 0.25) is 11.8 Å². The number of anilines is 1. The summed E-state index contributed by atoms with van der Waals surface area (Å²) in [4.78, 5) is 24.7. The molecule has 0 aliphatic carbocycles. The predicted molar refractivity (Wildman–Crippen MR) is 144 cm³/mol. The Balaban J connectivity index is 1.51. The van der Waals surface area contributed by atoms with Crippen molar-refractivity contribution < 1.29 is 19.1 Å². The Kier molecular flexibility index (Phi) is 9.54. The Morgan fingerprint density at radius 3 is 2.53 bits per heavy atom. The Hall–Kier alpha value is -3.31. The largest absolute Gasteiger partial charge is 0.493 e. The summed E-state index contributed by atoms with van der Waals surface area (Å²) in [7, 11) is 4.92. The first-order chi connectivity index (χ1) is 17.2. The van der Waals surface area contributed by atoms with Gasteiger partial charge in [0.1, 0.15) is 0 Å². The van der Waals surface area contributed by atoms with Crippen LogP contribution < -0.4 is 20.1 Å². The van der Waals surface area contributed by atoms with Gasteiger partial charge in [0.05, 0.1) is 32.2 Å². The van der Waals surface area contributed by atoms with E-state index in [0.717, 1.165) is 26.9 Å². The zero-order chi connectivity index (χ0) is 26.2. The van der Waals surface area contributed by atoms with Crippen LogP contribution in [0.5, 0.6) is 11.5 Å². The second kappa shape index (κ2) is 12.6. The van der Waals surface area contributed by atoms with Gasteiger partial charge >= 0.3 is 0 Å². The summed E-state index contributed by atoms with van der Waals surface area (Å²) < 4.78 is 13.1. The van der Waals surface area contributed by atoms with Gasteiger partial charge in [-0.25, -0.2) is 0 Å². The van der Waals surface area contributed by atoms with Crippen molar-refractivity contribution in [2.24, 2.45) is 7.05 Å². The molecule has 0 radical (unpaired) electrons. The van der Waals surface area contributed by atoms with E-state index in [-0.39, 0.29) is 24.1 Å². The van der Waals surface area contributed by atoms with E-state index in [1.165, 1.54) is 17.8 Å². The third-order valence-electron chi connectivity index (χ3n) is 5.37. The highest BCUT2D eigenvalue weighted by Gasteiger charge is 2.13. The van der Waals surface area contributed by atoms with Gasteiger partial charge in [-0.15, -0.1) is 10.2 Å². The van der Waals surface area contributed by atoms with Crippen molar-refractivity contribution in [3.05, 3.63) is 63.4 Å². The molecule has 2 amide bonds. The molecular formula is C25H28BrN5O4S. The molecule has 0 fully saturated rings. The lowest BCUT2D eigenvalue weighted by atomic mass is 10.1. The molecule has 0 saturated heterocycles. The van der Waals surface area contributed by atoms with Crippen LogP contribution in [0.15, 0.2) is 46.0 Å². The molecule has 0 atom stereocenters. The minimum absolute atomic E-state index is 0.151. The summed E-state index contributed by atoms with van der Waals surface area (Å²) in [5.74, 6) is 1.52. The van der Waals surface area contributed by atoms with Crippen LogP contribution in [0.3, 0.4) is 0 Å². The number of aromatic nitrogens is 3. The monoisotopic (exact) mass is 573 g/mol. The Bertz CT molecular complexity index is 1290. The number of carbonyl (C=O) groups excluding carboxylic acids is 2. The van der Waals surface area contributed by atoms with E-state index in [1.54, 1.807) is 44.0 Å². The highest BCUT2D eigenvalue weighted by atomic mass is 79.9. The standard InChI is InChI=1S/C25H28BrN5O4S/c1-15-10-18(26)19(11-16(15)2)28-24(33)14-36-25-30-29-22(31(25)3)13-27-23(32)9-7-17-6-8-20(34-4)21(12-17)35-5/h6-12H,13-14H2,1-5H3,(H,27,32)(H,28,33)/b9-7+. The lowest BCUT2D eigenvalue weighted by Gasteiger charge is -2.10. The first-order valence-electron chi connectivity index (χ1n) is 11.0. The molecule has 0 aliphatic heterocycles. The number of ether oxygens (including phenoxy) is 2. The summed E-state index contributed by atoms with van der Waals surface area (Å²) in [5, 5.41) is 14.5. The van der Waals surface area contributed by atoms with Gasteiger partial charge < -0.3 is 24.7 Å². The Morgan fingerprint density at radius 2 is 1.81 bits per heavy atom. The fourth-order valence-corrected chi connectivity index (χ4v) is 4.46. The van der Waals surface area contributed by atoms with Crippen molar-refractivity contribution in [1.29, 1.82) is 0 Å². The maximum atomic E-state index is 12.4. The van der Waals surface area contributed by atoms with Crippen molar-refractivity contribution in [3.63, 3.8) is 0 Å². The molecule has 3 aromatic rings. The normalized spacial score (nSPS) is 10.9. The Morgan fingerprint density at radius 1 is 1.08 bits per heavy atom. The van der Waals surface area contributed by atoms with E-state index < -0.39 is 0 Å². The van der Waals surface area contributed by atoms with Gasteiger partial charge in [-0.1, -0.05) is 17.8 Å². The molecule has 0 spiro atoms. The van der Waals surface area contributed by atoms with Crippen LogP contribution in [0.4, 0.5) is 5.69 Å². The molecule has 0 aliphatic rings. The van der Waals surface area contributed by atoms with Gasteiger partial charge in [-0.2, -0.15) is 0 Å². The molecule has 11 heteroatoms. The van der Waals surface area contributed by atoms with E-state index in [0.29, 0.717) is 22.5 Å². The van der Waals surface area contributed by atoms with Crippen molar-refractivity contribution in [1.82, 2.24) is 20.1 Å². The van der Waals surface area contributed by atoms with Crippen LogP contribution >= 0.6 is 27.7 Å². The van der Waals surface area contributed by atoms with E-state index in [9.17, 15) is 9.59 Å². The number of methoxy groups -OCH3 is 2. The molecule has 0 saturated carbocycles. The second-order valence-corrected chi connectivity index (χ2v) is 9.67. The van der Waals surface area contributed by atoms with Gasteiger partial charge in [0, 0.05) is 17.6 Å². The van der Waals surface area contributed by atoms with E-state index >= 15 is 0 Å². The van der Waals surface area contributed by atoms with E-state index in [4.69, 9.17) is 9.47 Å². The number of nitrogens with one attached hydrogen (secondary N) is 2. The van der Waals surface area contributed by atoms with Gasteiger partial charge in [0.25, 0.3) is 0 Å². The van der Waals surface area contributed by atoms with Crippen molar-refractivity contribution in [2.45, 2.75) is 25.5 Å². The quantitative estimate of drug-likeness (QED) is 0.275. The molecule has 9 nitrogen and oxygen atoms in total. The summed E-state index contributed by atoms with van der Waals surface area (Å²) >= 11 is 4.76. The predicted octanol–water partition coefficient (Wildman–Crippen LogP) is 4.27. The van der Waals surface area contributed by atoms with Crippen LogP contribution in [0.2, 0.25) is 0 Å². The minimum Gasteiger partial charge on any atom is -0.493 e. The number of aryl methyl sites for hydroxylation is 2. The second-order valence-electron chi connectivity index (χ2n) is 7.88. The molecule has 36 heavy (non-hydrogen) atoms. The summed E-state index contributed by atoms with van der Waals surface area (Å²) in [6.07, 6.45) is 3.12. The lowest BCUT2D eigenvalue weighted by molar-refractivity contribution is -0.116. The number of halogens is 1. The molecular weight excluding hydrogens is 546 g/mol. The molecule has 1 aromatic heterocycles. The number of hydrogen-bond donors (Lipinski definition) is 2. The number of thioether (sulfide) groups is 1. The Labute approximate surface area is 222 Å². The van der Waals surface area contributed by atoms with E-state index in [1.807, 2.05) is 32.0 Å². The first-order valence-corrected chi connectivity index (χ1v) is 12.7. The average molecular weight is 575 g/mol. The maximum absolute atomic E-state index is 12.4. The maximum Gasteiger partial charge on any atom is 0.244 e. The third kappa shape index (κ3) is 7.11. The van der Waals surface area contributed by atoms with Crippen LogP contribution in [-0.2, 0) is 23.2 Å². The summed E-state index contributed by atoms with van der Waals surface area (Å²) in [6.45, 7) is 4.21. The van der Waals surface area contributed by atoms with Gasteiger partial charge in [-0.05, 0) is 76.8 Å². The molecule has 190 valence electrons. The smallest absolute Gasteiger partial charge is 0.244 e. The fraction of sp³-hybridized carbons (Fsp3) is 0.280. The SMILES string of the molecule is COc1ccc(/C=C/C(=O)NCc2nnc(SCC(=O)Nc3cc(C)c(C)cc3Br)n2C)cc1OC. The van der Waals surface area contributed by atoms with Crippen molar-refractivity contribution in [2.75, 3.05) is 25.3 Å². The van der Waals surface area contributed by atoms with Crippen LogP contribution in [-0.4, -0.2) is 46.6 Å². The van der Waals surface area contributed by atoms with Crippen molar-refractivity contribution in [3.8, 4) is 11.5 Å². The average Bonchev–Trinajstić information content (AvgIpc) is 3.22. The minimum atomic E-state index is -0.277. The summed E-state index contributed by atoms with van der Waals surface area (Å²) in [5.41, 5.74) is 3.77. The zero-order valence-electron chi connectivity index (χ0n) is 20.7. The summed E-state index contributed by atoms with van der Waals surface area (Å²) in [6, 6.07) is 9.29. The van der Waals surface area contributed by atoms with Gasteiger partial charge in [-0.3, -0.25) is 9.59 Å². The zero-order valence-corrected chi connectivity index (χ0v) is 23.1. The number of carbonyl (C=O) groups is 2. The number of benzene rings is 2. The number of rotatable bonds is 10. The third-order valence-corrected chi connectivity index (χ3v) is 7.05. The molecule has 2 aromatic carbocycles. The highest BCUT2D eigenvalue weighted by Crippen LogP contribution is 2.28. The molecule has 0 bridgehead atoms. The number of nitrogens with zero attached hydrogens (tertiary/aromatic N) is 3. The van der Waals surface area contributed by atoms with Crippen LogP contribution in [0.1, 0.15) is 22.5 Å². The molecule has 0 unspecified atom stereocenters. The molecule has 2 N–H and O–H groups in total. The topological polar surface area (TPSA) is 107 Å². The molecule has 3 rings (SSSR count). The highest BCUT2D eigenvalue weighted by molar-refractivity contribution is 9.10. The number of hydrogen-bond acceptors (Lipinski definition) is 7. The van der Waals surface area contributed by atoms with Crippen molar-refractivity contribution >= 4 is 51.3 Å². The lowest BCUT2D eigenvalue weighted by Crippen LogP contribution is -2.22. The first kappa shape index (κ1) is 27.3. The van der Waals surface area contributed by atoms with Gasteiger partial charge in [0.15, 0.2) is 22.5 Å².